The van der Waals surface area contributed by atoms with Crippen molar-refractivity contribution in [3.05, 3.63) is 71.7 Å². The van der Waals surface area contributed by atoms with Crippen molar-refractivity contribution in [2.24, 2.45) is 0 Å². The fraction of sp³-hybridized carbons (Fsp3) is 0.433. The lowest BCUT2D eigenvalue weighted by Crippen LogP contribution is -2.49. The Bertz CT molecular complexity index is 1330. The molecule has 3 aliphatic rings. The third kappa shape index (κ3) is 5.75. The molecule has 39 heavy (non-hydrogen) atoms. The minimum Gasteiger partial charge on any atom is -0.464 e. The van der Waals surface area contributed by atoms with Crippen molar-refractivity contribution >= 4 is 16.9 Å². The molecule has 0 unspecified atom stereocenters. The van der Waals surface area contributed by atoms with Crippen LogP contribution in [-0.4, -0.2) is 73.3 Å². The Kier molecular flexibility index (Phi) is 7.71. The van der Waals surface area contributed by atoms with Crippen LogP contribution < -0.4 is 9.47 Å². The largest absolute Gasteiger partial charge is 0.464 e. The molecular formula is C30H34N2O7. The fourth-order valence-corrected chi connectivity index (χ4v) is 5.40. The maximum atomic E-state index is 13.6. The molecule has 1 fully saturated rings. The van der Waals surface area contributed by atoms with Crippen molar-refractivity contribution in [2.45, 2.75) is 38.0 Å². The van der Waals surface area contributed by atoms with E-state index in [0.717, 1.165) is 59.7 Å². The average molecular weight is 535 g/mol. The highest BCUT2D eigenvalue weighted by Gasteiger charge is 2.33. The summed E-state index contributed by atoms with van der Waals surface area (Å²) < 4.78 is 28.8. The fourth-order valence-electron chi connectivity index (χ4n) is 5.40. The molecule has 3 aromatic rings. The van der Waals surface area contributed by atoms with Gasteiger partial charge >= 0.3 is 0 Å². The van der Waals surface area contributed by atoms with Gasteiger partial charge < -0.3 is 33.4 Å². The lowest BCUT2D eigenvalue weighted by atomic mass is 9.92. The van der Waals surface area contributed by atoms with Crippen LogP contribution in [0.15, 0.2) is 65.0 Å². The molecule has 0 spiro atoms. The molecule has 9 nitrogen and oxygen atoms in total. The normalized spacial score (nSPS) is 21.2. The standard InChI is InChI=1S/C30H34N2O7/c33-13-3-4-14-35-29-17-22(24-19-36-25-6-2-1-5-23(24)25)16-28(39-29)30(34)32-11-9-31(10-12-32)18-21-7-8-26-27(15-21)38-20-37-26/h1-2,5-8,15-16,19,22,29,33H,3-4,9-14,17-18,20H2/t22-,29+/m1/s1. The van der Waals surface area contributed by atoms with Gasteiger partial charge in [-0.1, -0.05) is 24.3 Å². The Hall–Kier alpha value is -3.53. The minimum absolute atomic E-state index is 0.0727. The van der Waals surface area contributed by atoms with Crippen LogP contribution in [0.2, 0.25) is 0 Å². The van der Waals surface area contributed by atoms with E-state index in [1.54, 1.807) is 6.26 Å². The highest BCUT2D eigenvalue weighted by atomic mass is 16.7. The smallest absolute Gasteiger partial charge is 0.288 e. The second-order valence-corrected chi connectivity index (χ2v) is 10.2. The predicted octanol–water partition coefficient (Wildman–Crippen LogP) is 4.01. The Balaban J connectivity index is 1.12. The molecular weight excluding hydrogens is 500 g/mol. The van der Waals surface area contributed by atoms with E-state index in [1.807, 2.05) is 47.4 Å². The van der Waals surface area contributed by atoms with Crippen molar-refractivity contribution in [3.63, 3.8) is 0 Å². The average Bonchev–Trinajstić information content (AvgIpc) is 3.62. The van der Waals surface area contributed by atoms with Gasteiger partial charge in [-0.15, -0.1) is 0 Å². The molecule has 1 saturated heterocycles. The van der Waals surface area contributed by atoms with Gasteiger partial charge in [0.15, 0.2) is 17.3 Å². The lowest BCUT2D eigenvalue weighted by molar-refractivity contribution is -0.154. The Morgan fingerprint density at radius 2 is 1.87 bits per heavy atom. The first kappa shape index (κ1) is 25.7. The molecule has 0 radical (unpaired) electrons. The van der Waals surface area contributed by atoms with Gasteiger partial charge in [0.2, 0.25) is 13.1 Å². The number of ether oxygens (including phenoxy) is 4. The number of piperazine rings is 1. The van der Waals surface area contributed by atoms with Gasteiger partial charge in [-0.3, -0.25) is 9.69 Å². The van der Waals surface area contributed by atoms with E-state index in [2.05, 4.69) is 11.0 Å². The third-order valence-electron chi connectivity index (χ3n) is 7.54. The first-order valence-corrected chi connectivity index (χ1v) is 13.6. The van der Waals surface area contributed by atoms with E-state index < -0.39 is 6.29 Å². The SMILES string of the molecule is O=C(C1=C[C@@H](c2coc3ccccc23)C[C@@H](OCCCCO)O1)N1CCN(Cc2ccc3c(c2)OCO3)CC1. The number of hydrogen-bond donors (Lipinski definition) is 1. The van der Waals surface area contributed by atoms with Crippen LogP contribution in [-0.2, 0) is 20.8 Å². The first-order chi connectivity index (χ1) is 19.2. The van der Waals surface area contributed by atoms with Crippen molar-refractivity contribution in [1.29, 1.82) is 0 Å². The molecule has 1 N–H and O–H groups in total. The second-order valence-electron chi connectivity index (χ2n) is 10.2. The maximum absolute atomic E-state index is 13.6. The number of para-hydroxylation sites is 1. The van der Waals surface area contributed by atoms with Crippen molar-refractivity contribution in [1.82, 2.24) is 9.80 Å². The Morgan fingerprint density at radius 3 is 2.74 bits per heavy atom. The summed E-state index contributed by atoms with van der Waals surface area (Å²) in [6, 6.07) is 14.0. The van der Waals surface area contributed by atoms with E-state index >= 15 is 0 Å². The summed E-state index contributed by atoms with van der Waals surface area (Å²) in [7, 11) is 0. The lowest BCUT2D eigenvalue weighted by Gasteiger charge is -2.36. The molecule has 1 amide bonds. The van der Waals surface area contributed by atoms with E-state index in [9.17, 15) is 4.79 Å². The summed E-state index contributed by atoms with van der Waals surface area (Å²) in [6.07, 6.45) is 5.14. The number of aliphatic hydroxyl groups is 1. The molecule has 2 atom stereocenters. The number of furan rings is 1. The van der Waals surface area contributed by atoms with Crippen LogP contribution >= 0.6 is 0 Å². The van der Waals surface area contributed by atoms with Crippen LogP contribution in [0.1, 0.15) is 36.3 Å². The van der Waals surface area contributed by atoms with E-state index in [-0.39, 0.29) is 25.2 Å². The van der Waals surface area contributed by atoms with Crippen molar-refractivity contribution < 1.29 is 33.3 Å². The van der Waals surface area contributed by atoms with E-state index in [1.165, 1.54) is 0 Å². The number of hydrogen-bond acceptors (Lipinski definition) is 8. The number of amides is 1. The Morgan fingerprint density at radius 1 is 1.03 bits per heavy atom. The summed E-state index contributed by atoms with van der Waals surface area (Å²) in [4.78, 5) is 17.8. The van der Waals surface area contributed by atoms with Gasteiger partial charge in [-0.05, 0) is 42.7 Å². The van der Waals surface area contributed by atoms with Crippen LogP contribution in [0.4, 0.5) is 0 Å². The zero-order valence-corrected chi connectivity index (χ0v) is 21.9. The number of unbranched alkanes of at least 4 members (excludes halogenated alkanes) is 1. The monoisotopic (exact) mass is 534 g/mol. The number of fused-ring (bicyclic) bond motifs is 2. The molecule has 0 saturated carbocycles. The minimum atomic E-state index is -0.543. The van der Waals surface area contributed by atoms with E-state index in [0.29, 0.717) is 38.3 Å². The molecule has 4 heterocycles. The number of carbonyl (C=O) groups excluding carboxylic acids is 1. The van der Waals surface area contributed by atoms with Gasteiger partial charge in [-0.25, -0.2) is 0 Å². The summed E-state index contributed by atoms with van der Waals surface area (Å²) in [5.41, 5.74) is 3.00. The molecule has 206 valence electrons. The van der Waals surface area contributed by atoms with Gasteiger partial charge in [0.05, 0.1) is 12.9 Å². The predicted molar refractivity (Wildman–Crippen MR) is 143 cm³/mol. The molecule has 9 heteroatoms. The third-order valence-corrected chi connectivity index (χ3v) is 7.54. The van der Waals surface area contributed by atoms with Gasteiger partial charge in [0, 0.05) is 62.6 Å². The summed E-state index contributed by atoms with van der Waals surface area (Å²) >= 11 is 0. The van der Waals surface area contributed by atoms with Crippen molar-refractivity contribution in [2.75, 3.05) is 46.2 Å². The van der Waals surface area contributed by atoms with E-state index in [4.69, 9.17) is 28.5 Å². The Labute approximate surface area is 227 Å². The van der Waals surface area contributed by atoms with Crippen LogP contribution in [0.3, 0.4) is 0 Å². The molecule has 0 aliphatic carbocycles. The van der Waals surface area contributed by atoms with Crippen LogP contribution in [0.5, 0.6) is 11.5 Å². The zero-order chi connectivity index (χ0) is 26.6. The second kappa shape index (κ2) is 11.7. The van der Waals surface area contributed by atoms with Gasteiger partial charge in [0.25, 0.3) is 5.91 Å². The number of aliphatic hydroxyl groups excluding tert-OH is 1. The number of carbonyl (C=O) groups is 1. The molecule has 6 rings (SSSR count). The summed E-state index contributed by atoms with van der Waals surface area (Å²) in [6.45, 7) is 4.42. The maximum Gasteiger partial charge on any atom is 0.288 e. The molecule has 0 bridgehead atoms. The summed E-state index contributed by atoms with van der Waals surface area (Å²) in [5.74, 6) is 1.71. The number of benzene rings is 2. The number of nitrogens with zero attached hydrogens (tertiary/aromatic N) is 2. The van der Waals surface area contributed by atoms with Gasteiger partial charge in [0.1, 0.15) is 5.58 Å². The molecule has 2 aromatic carbocycles. The van der Waals surface area contributed by atoms with Crippen LogP contribution in [0.25, 0.3) is 11.0 Å². The highest BCUT2D eigenvalue weighted by molar-refractivity contribution is 5.92. The summed E-state index contributed by atoms with van der Waals surface area (Å²) in [5, 5.41) is 10.1. The molecule has 3 aliphatic heterocycles. The first-order valence-electron chi connectivity index (χ1n) is 13.6. The van der Waals surface area contributed by atoms with Gasteiger partial charge in [-0.2, -0.15) is 0 Å². The van der Waals surface area contributed by atoms with Crippen LogP contribution in [0, 0.1) is 0 Å². The topological polar surface area (TPSA) is 93.8 Å². The zero-order valence-electron chi connectivity index (χ0n) is 21.9. The number of rotatable bonds is 9. The quantitative estimate of drug-likeness (QED) is 0.412. The highest BCUT2D eigenvalue weighted by Crippen LogP contribution is 2.37. The van der Waals surface area contributed by atoms with Crippen molar-refractivity contribution in [3.8, 4) is 11.5 Å². The molecule has 1 aromatic heterocycles. The number of allylic oxidation sites excluding steroid dienone is 1.